The second-order valence-corrected chi connectivity index (χ2v) is 6.22. The van der Waals surface area contributed by atoms with Crippen LogP contribution in [0.5, 0.6) is 0 Å². The van der Waals surface area contributed by atoms with Crippen LogP contribution in [0.4, 0.5) is 13.2 Å². The van der Waals surface area contributed by atoms with Crippen LogP contribution in [0, 0.1) is 5.92 Å². The molecular formula is C13H25F3N2O. The summed E-state index contributed by atoms with van der Waals surface area (Å²) in [4.78, 5) is 1.86. The van der Waals surface area contributed by atoms with E-state index in [2.05, 4.69) is 5.32 Å². The Morgan fingerprint density at radius 2 is 1.89 bits per heavy atom. The second kappa shape index (κ2) is 6.41. The number of halogens is 3. The zero-order valence-corrected chi connectivity index (χ0v) is 11.9. The third-order valence-electron chi connectivity index (χ3n) is 3.57. The van der Waals surface area contributed by atoms with E-state index in [9.17, 15) is 18.3 Å². The summed E-state index contributed by atoms with van der Waals surface area (Å²) in [5, 5.41) is 13.2. The molecule has 1 aliphatic carbocycles. The lowest BCUT2D eigenvalue weighted by Crippen LogP contribution is -2.49. The average molecular weight is 282 g/mol. The van der Waals surface area contributed by atoms with Crippen LogP contribution in [0.15, 0.2) is 0 Å². The third-order valence-corrected chi connectivity index (χ3v) is 3.57. The molecule has 1 fully saturated rings. The molecule has 2 N–H and O–H groups in total. The smallest absolute Gasteiger partial charge is 0.388 e. The highest BCUT2D eigenvalue weighted by molar-refractivity contribution is 4.85. The van der Waals surface area contributed by atoms with E-state index in [1.165, 1.54) is 0 Å². The summed E-state index contributed by atoms with van der Waals surface area (Å²) in [6.07, 6.45) is -2.38. The van der Waals surface area contributed by atoms with Gasteiger partial charge in [-0.3, -0.25) is 0 Å². The van der Waals surface area contributed by atoms with E-state index in [-0.39, 0.29) is 18.9 Å². The Labute approximate surface area is 113 Å². The molecule has 1 rings (SSSR count). The molecule has 0 bridgehead atoms. The van der Waals surface area contributed by atoms with Crippen molar-refractivity contribution in [1.29, 1.82) is 0 Å². The number of likely N-dealkylation sites (N-methyl/N-ethyl adjacent to an activating group) is 1. The molecule has 19 heavy (non-hydrogen) atoms. The fourth-order valence-electron chi connectivity index (χ4n) is 2.77. The van der Waals surface area contributed by atoms with Crippen molar-refractivity contribution < 1.29 is 18.3 Å². The van der Waals surface area contributed by atoms with Crippen molar-refractivity contribution in [3.05, 3.63) is 0 Å². The van der Waals surface area contributed by atoms with Crippen LogP contribution >= 0.6 is 0 Å². The van der Waals surface area contributed by atoms with Gasteiger partial charge >= 0.3 is 6.18 Å². The molecular weight excluding hydrogens is 257 g/mol. The zero-order chi connectivity index (χ0) is 14.7. The van der Waals surface area contributed by atoms with Gasteiger partial charge in [0, 0.05) is 19.1 Å². The molecule has 0 aromatic carbocycles. The van der Waals surface area contributed by atoms with Crippen LogP contribution in [0.3, 0.4) is 0 Å². The van der Waals surface area contributed by atoms with E-state index in [0.29, 0.717) is 19.5 Å². The molecule has 3 nitrogen and oxygen atoms in total. The van der Waals surface area contributed by atoms with Gasteiger partial charge in [-0.05, 0) is 40.3 Å². The highest BCUT2D eigenvalue weighted by Crippen LogP contribution is 2.37. The Bertz CT molecular complexity index is 280. The first-order chi connectivity index (χ1) is 8.60. The molecule has 0 aliphatic heterocycles. The van der Waals surface area contributed by atoms with Crippen molar-refractivity contribution in [1.82, 2.24) is 10.2 Å². The number of nitrogens with one attached hydrogen (secondary N) is 1. The Hall–Kier alpha value is -0.330. The van der Waals surface area contributed by atoms with E-state index in [4.69, 9.17) is 0 Å². The summed E-state index contributed by atoms with van der Waals surface area (Å²) < 4.78 is 38.0. The van der Waals surface area contributed by atoms with Crippen LogP contribution in [-0.2, 0) is 0 Å². The summed E-state index contributed by atoms with van der Waals surface area (Å²) in [7, 11) is 3.71. The number of alkyl halides is 3. The van der Waals surface area contributed by atoms with Gasteiger partial charge in [-0.1, -0.05) is 6.42 Å². The summed E-state index contributed by atoms with van der Waals surface area (Å²) in [6.45, 7) is 2.50. The van der Waals surface area contributed by atoms with Crippen LogP contribution in [-0.4, -0.2) is 55.0 Å². The fourth-order valence-corrected chi connectivity index (χ4v) is 2.77. The minimum Gasteiger partial charge on any atom is -0.388 e. The lowest BCUT2D eigenvalue weighted by atomic mass is 9.85. The predicted molar refractivity (Wildman–Crippen MR) is 69.0 cm³/mol. The van der Waals surface area contributed by atoms with Crippen molar-refractivity contribution in [2.75, 3.05) is 27.2 Å². The molecule has 114 valence electrons. The van der Waals surface area contributed by atoms with Crippen molar-refractivity contribution in [3.63, 3.8) is 0 Å². The SMILES string of the molecule is CN(C)C[C@](C)(O)CN[C@@H]1CCC[C@H](C(F)(F)F)C1. The summed E-state index contributed by atoms with van der Waals surface area (Å²) in [5.74, 6) is -1.20. The van der Waals surface area contributed by atoms with Crippen LogP contribution < -0.4 is 5.32 Å². The van der Waals surface area contributed by atoms with Crippen LogP contribution in [0.2, 0.25) is 0 Å². The molecule has 1 aliphatic rings. The van der Waals surface area contributed by atoms with Gasteiger partial charge in [-0.25, -0.2) is 0 Å². The first-order valence-corrected chi connectivity index (χ1v) is 6.77. The molecule has 0 heterocycles. The van der Waals surface area contributed by atoms with Gasteiger partial charge in [-0.15, -0.1) is 0 Å². The Morgan fingerprint density at radius 1 is 1.26 bits per heavy atom. The average Bonchev–Trinajstić information content (AvgIpc) is 2.24. The Balaban J connectivity index is 2.41. The molecule has 3 atom stereocenters. The standard InChI is InChI=1S/C13H25F3N2O/c1-12(19,9-18(2)3)8-17-11-6-4-5-10(7-11)13(14,15)16/h10-11,17,19H,4-9H2,1-3H3/t10-,11+,12+/m0/s1. The van der Waals surface area contributed by atoms with Crippen LogP contribution in [0.25, 0.3) is 0 Å². The topological polar surface area (TPSA) is 35.5 Å². The highest BCUT2D eigenvalue weighted by Gasteiger charge is 2.42. The maximum Gasteiger partial charge on any atom is 0.391 e. The minimum absolute atomic E-state index is 0.127. The molecule has 0 radical (unpaired) electrons. The van der Waals surface area contributed by atoms with Crippen molar-refractivity contribution >= 4 is 0 Å². The number of nitrogens with zero attached hydrogens (tertiary/aromatic N) is 1. The molecule has 0 aromatic heterocycles. The van der Waals surface area contributed by atoms with Crippen molar-refractivity contribution in [3.8, 4) is 0 Å². The largest absolute Gasteiger partial charge is 0.391 e. The molecule has 0 unspecified atom stereocenters. The fraction of sp³-hybridized carbons (Fsp3) is 1.00. The quantitative estimate of drug-likeness (QED) is 0.809. The van der Waals surface area contributed by atoms with E-state index in [0.717, 1.165) is 6.42 Å². The summed E-state index contributed by atoms with van der Waals surface area (Å²) >= 11 is 0. The van der Waals surface area contributed by atoms with E-state index in [1.54, 1.807) is 6.92 Å². The monoisotopic (exact) mass is 282 g/mol. The lowest BCUT2D eigenvalue weighted by Gasteiger charge is -2.34. The molecule has 6 heteroatoms. The first-order valence-electron chi connectivity index (χ1n) is 6.77. The molecule has 1 saturated carbocycles. The summed E-state index contributed by atoms with van der Waals surface area (Å²) in [6, 6.07) is -0.144. The summed E-state index contributed by atoms with van der Waals surface area (Å²) in [5.41, 5.74) is -0.922. The lowest BCUT2D eigenvalue weighted by molar-refractivity contribution is -0.183. The third kappa shape index (κ3) is 6.10. The molecule has 0 aromatic rings. The first kappa shape index (κ1) is 16.7. The number of hydrogen-bond donors (Lipinski definition) is 2. The molecule has 0 amide bonds. The van der Waals surface area contributed by atoms with Gasteiger partial charge < -0.3 is 15.3 Å². The second-order valence-electron chi connectivity index (χ2n) is 6.22. The van der Waals surface area contributed by atoms with E-state index < -0.39 is 17.7 Å². The van der Waals surface area contributed by atoms with Gasteiger partial charge in [0.15, 0.2) is 0 Å². The molecule has 0 saturated heterocycles. The predicted octanol–water partition coefficient (Wildman–Crippen LogP) is 2.01. The van der Waals surface area contributed by atoms with Gasteiger partial charge in [0.25, 0.3) is 0 Å². The van der Waals surface area contributed by atoms with Gasteiger partial charge in [0.2, 0.25) is 0 Å². The maximum absolute atomic E-state index is 12.7. The molecule has 0 spiro atoms. The minimum atomic E-state index is -4.09. The Morgan fingerprint density at radius 3 is 2.42 bits per heavy atom. The van der Waals surface area contributed by atoms with Crippen molar-refractivity contribution in [2.45, 2.75) is 50.4 Å². The van der Waals surface area contributed by atoms with Crippen LogP contribution in [0.1, 0.15) is 32.6 Å². The maximum atomic E-state index is 12.7. The van der Waals surface area contributed by atoms with E-state index >= 15 is 0 Å². The van der Waals surface area contributed by atoms with Gasteiger partial charge in [0.1, 0.15) is 0 Å². The van der Waals surface area contributed by atoms with E-state index in [1.807, 2.05) is 19.0 Å². The number of hydrogen-bond acceptors (Lipinski definition) is 3. The van der Waals surface area contributed by atoms with Gasteiger partial charge in [-0.2, -0.15) is 13.2 Å². The normalized spacial score (nSPS) is 28.4. The Kier molecular flexibility index (Phi) is 5.65. The van der Waals surface area contributed by atoms with Crippen molar-refractivity contribution in [2.24, 2.45) is 5.92 Å². The van der Waals surface area contributed by atoms with Gasteiger partial charge in [0.05, 0.1) is 11.5 Å². The zero-order valence-electron chi connectivity index (χ0n) is 11.9. The number of rotatable bonds is 5. The highest BCUT2D eigenvalue weighted by atomic mass is 19.4. The number of aliphatic hydroxyl groups is 1.